The summed E-state index contributed by atoms with van der Waals surface area (Å²) >= 11 is 4.56. The Kier molecular flexibility index (Phi) is 3.68. The van der Waals surface area contributed by atoms with Gasteiger partial charge >= 0.3 is 0 Å². The molecule has 7 heteroatoms. The van der Waals surface area contributed by atoms with E-state index in [1.165, 1.54) is 28.2 Å². The molecule has 0 spiro atoms. The van der Waals surface area contributed by atoms with Crippen LogP contribution < -0.4 is 5.32 Å². The molecule has 23 heavy (non-hydrogen) atoms. The van der Waals surface area contributed by atoms with E-state index in [1.807, 2.05) is 36.6 Å². The molecule has 0 saturated heterocycles. The van der Waals surface area contributed by atoms with Gasteiger partial charge in [-0.2, -0.15) is 0 Å². The molecule has 0 aliphatic carbocycles. The highest BCUT2D eigenvalue weighted by Gasteiger charge is 2.14. The number of rotatable bonds is 3. The van der Waals surface area contributed by atoms with Crippen molar-refractivity contribution in [1.29, 1.82) is 0 Å². The maximum atomic E-state index is 12.3. The molecule has 4 rings (SSSR count). The normalized spacial score (nSPS) is 11.0. The van der Waals surface area contributed by atoms with Crippen LogP contribution in [0.2, 0.25) is 0 Å². The van der Waals surface area contributed by atoms with E-state index in [0.29, 0.717) is 10.8 Å². The van der Waals surface area contributed by atoms with E-state index in [2.05, 4.69) is 21.4 Å². The van der Waals surface area contributed by atoms with Crippen LogP contribution in [-0.4, -0.2) is 15.9 Å². The van der Waals surface area contributed by atoms with Crippen molar-refractivity contribution in [3.8, 4) is 9.88 Å². The number of amides is 1. The molecular formula is C16H11N3OS3. The number of nitrogens with zero attached hydrogens (tertiary/aromatic N) is 2. The third-order valence-electron chi connectivity index (χ3n) is 3.23. The molecule has 0 fully saturated rings. The number of aryl methyl sites for hydroxylation is 1. The van der Waals surface area contributed by atoms with E-state index in [9.17, 15) is 4.79 Å². The van der Waals surface area contributed by atoms with Gasteiger partial charge in [-0.1, -0.05) is 23.5 Å². The Morgan fingerprint density at radius 1 is 1.17 bits per heavy atom. The Balaban J connectivity index is 1.57. The molecule has 0 aliphatic heterocycles. The summed E-state index contributed by atoms with van der Waals surface area (Å²) in [6.07, 6.45) is 0. The highest BCUT2D eigenvalue weighted by Crippen LogP contribution is 2.29. The van der Waals surface area contributed by atoms with Gasteiger partial charge in [0.15, 0.2) is 5.13 Å². The first kappa shape index (κ1) is 14.5. The Morgan fingerprint density at radius 2 is 2.09 bits per heavy atom. The molecule has 1 amide bonds. The summed E-state index contributed by atoms with van der Waals surface area (Å²) < 4.78 is 1.07. The molecule has 0 atom stereocenters. The van der Waals surface area contributed by atoms with Gasteiger partial charge in [-0.05, 0) is 36.1 Å². The van der Waals surface area contributed by atoms with Gasteiger partial charge in [-0.15, -0.1) is 22.7 Å². The van der Waals surface area contributed by atoms with Gasteiger partial charge in [0, 0.05) is 5.38 Å². The minimum Gasteiger partial charge on any atom is -0.296 e. The third kappa shape index (κ3) is 2.90. The second-order valence-electron chi connectivity index (χ2n) is 4.96. The number of nitrogens with one attached hydrogen (secondary N) is 1. The molecule has 0 radical (unpaired) electrons. The zero-order chi connectivity index (χ0) is 15.8. The third-order valence-corrected chi connectivity index (χ3v) is 6.05. The van der Waals surface area contributed by atoms with Gasteiger partial charge < -0.3 is 0 Å². The lowest BCUT2D eigenvalue weighted by molar-refractivity contribution is 0.102. The summed E-state index contributed by atoms with van der Waals surface area (Å²) in [7, 11) is 0. The minimum absolute atomic E-state index is 0.222. The second-order valence-corrected chi connectivity index (χ2v) is 7.80. The molecule has 0 unspecified atom stereocenters. The Morgan fingerprint density at radius 3 is 2.91 bits per heavy atom. The Bertz CT molecular complexity index is 985. The second kappa shape index (κ2) is 5.84. The van der Waals surface area contributed by atoms with E-state index in [4.69, 9.17) is 0 Å². The number of hydrogen-bond acceptors (Lipinski definition) is 6. The molecule has 1 aromatic carbocycles. The number of carbonyl (C=O) groups excluding carboxylic acids is 1. The van der Waals surface area contributed by atoms with Gasteiger partial charge in [-0.25, -0.2) is 9.97 Å². The van der Waals surface area contributed by atoms with Crippen molar-refractivity contribution in [3.05, 3.63) is 52.3 Å². The zero-order valence-corrected chi connectivity index (χ0v) is 14.5. The first-order chi connectivity index (χ1) is 11.2. The molecule has 3 heterocycles. The number of thiophene rings is 1. The van der Waals surface area contributed by atoms with Crippen molar-refractivity contribution in [3.63, 3.8) is 0 Å². The van der Waals surface area contributed by atoms with Crippen LogP contribution in [0.15, 0.2) is 41.1 Å². The maximum absolute atomic E-state index is 12.3. The monoisotopic (exact) mass is 357 g/mol. The maximum Gasteiger partial charge on any atom is 0.276 e. The quantitative estimate of drug-likeness (QED) is 0.559. The van der Waals surface area contributed by atoms with Crippen LogP contribution >= 0.6 is 34.0 Å². The van der Waals surface area contributed by atoms with Crippen LogP contribution in [0.3, 0.4) is 0 Å². The molecule has 0 aliphatic rings. The fourth-order valence-corrected chi connectivity index (χ4v) is 4.71. The molecule has 4 aromatic rings. The van der Waals surface area contributed by atoms with Crippen molar-refractivity contribution in [1.82, 2.24) is 9.97 Å². The largest absolute Gasteiger partial charge is 0.296 e. The van der Waals surface area contributed by atoms with E-state index >= 15 is 0 Å². The molecule has 1 N–H and O–H groups in total. The number of aromatic nitrogens is 2. The molecule has 0 saturated carbocycles. The van der Waals surface area contributed by atoms with Crippen LogP contribution in [0.25, 0.3) is 20.1 Å². The van der Waals surface area contributed by atoms with E-state index in [-0.39, 0.29) is 5.91 Å². The highest BCUT2D eigenvalue weighted by molar-refractivity contribution is 7.22. The molecular weight excluding hydrogens is 346 g/mol. The van der Waals surface area contributed by atoms with Crippen molar-refractivity contribution in [2.45, 2.75) is 6.92 Å². The minimum atomic E-state index is -0.222. The lowest BCUT2D eigenvalue weighted by atomic mass is 10.2. The summed E-state index contributed by atoms with van der Waals surface area (Å²) in [5.74, 6) is -0.222. The Hall–Kier alpha value is -2.09. The number of hydrogen-bond donors (Lipinski definition) is 1. The van der Waals surface area contributed by atoms with E-state index in [0.717, 1.165) is 20.1 Å². The van der Waals surface area contributed by atoms with E-state index in [1.54, 1.807) is 16.7 Å². The van der Waals surface area contributed by atoms with Crippen LogP contribution in [0.4, 0.5) is 5.13 Å². The molecule has 0 bridgehead atoms. The smallest absolute Gasteiger partial charge is 0.276 e. The fourth-order valence-electron chi connectivity index (χ4n) is 2.14. The number of anilines is 1. The van der Waals surface area contributed by atoms with Gasteiger partial charge in [0.25, 0.3) is 5.91 Å². The Labute approximate surface area is 144 Å². The van der Waals surface area contributed by atoms with Crippen molar-refractivity contribution >= 4 is 55.3 Å². The van der Waals surface area contributed by atoms with Gasteiger partial charge in [0.1, 0.15) is 10.7 Å². The van der Waals surface area contributed by atoms with Crippen LogP contribution in [0, 0.1) is 6.92 Å². The standard InChI is InChI=1S/C16H11N3OS3/c1-9-4-5-10-13(7-9)23-16(18-10)19-14(20)11-8-22-15(17-11)12-3-2-6-21-12/h2-8H,1H3,(H,18,19,20). The lowest BCUT2D eigenvalue weighted by Crippen LogP contribution is -2.11. The first-order valence-corrected chi connectivity index (χ1v) is 9.44. The summed E-state index contributed by atoms with van der Waals surface area (Å²) in [5, 5.41) is 8.09. The van der Waals surface area contributed by atoms with Gasteiger partial charge in [0.05, 0.1) is 15.1 Å². The summed E-state index contributed by atoms with van der Waals surface area (Å²) in [5.41, 5.74) is 2.50. The predicted octanol–water partition coefficient (Wildman–Crippen LogP) is 5.04. The van der Waals surface area contributed by atoms with Crippen LogP contribution in [0.1, 0.15) is 16.1 Å². The molecule has 3 aromatic heterocycles. The van der Waals surface area contributed by atoms with Crippen molar-refractivity contribution in [2.75, 3.05) is 5.32 Å². The molecule has 4 nitrogen and oxygen atoms in total. The van der Waals surface area contributed by atoms with Crippen LogP contribution in [0.5, 0.6) is 0 Å². The van der Waals surface area contributed by atoms with E-state index < -0.39 is 0 Å². The summed E-state index contributed by atoms with van der Waals surface area (Å²) in [6.45, 7) is 2.04. The molecule has 114 valence electrons. The number of fused-ring (bicyclic) bond motifs is 1. The number of benzene rings is 1. The van der Waals surface area contributed by atoms with Crippen molar-refractivity contribution in [2.24, 2.45) is 0 Å². The zero-order valence-electron chi connectivity index (χ0n) is 12.1. The summed E-state index contributed by atoms with van der Waals surface area (Å²) in [4.78, 5) is 22.3. The van der Waals surface area contributed by atoms with Crippen LogP contribution in [-0.2, 0) is 0 Å². The highest BCUT2D eigenvalue weighted by atomic mass is 32.1. The van der Waals surface area contributed by atoms with Gasteiger partial charge in [0.2, 0.25) is 0 Å². The van der Waals surface area contributed by atoms with Gasteiger partial charge in [-0.3, -0.25) is 10.1 Å². The summed E-state index contributed by atoms with van der Waals surface area (Å²) in [6, 6.07) is 10.0. The topological polar surface area (TPSA) is 54.9 Å². The fraction of sp³-hybridized carbons (Fsp3) is 0.0625. The number of thiazole rings is 2. The average molecular weight is 357 g/mol. The average Bonchev–Trinajstić information content (AvgIpc) is 3.26. The first-order valence-electron chi connectivity index (χ1n) is 6.87. The van der Waals surface area contributed by atoms with Crippen molar-refractivity contribution < 1.29 is 4.79 Å². The SMILES string of the molecule is Cc1ccc2nc(NC(=O)c3csc(-c4cccs4)n3)sc2c1. The lowest BCUT2D eigenvalue weighted by Gasteiger charge is -1.96. The predicted molar refractivity (Wildman–Crippen MR) is 97.7 cm³/mol. The number of carbonyl (C=O) groups is 1.